The van der Waals surface area contributed by atoms with Gasteiger partial charge < -0.3 is 15.0 Å². The molecule has 0 radical (unpaired) electrons. The van der Waals surface area contributed by atoms with E-state index in [0.717, 1.165) is 37.2 Å². The topological polar surface area (TPSA) is 88.8 Å². The molecule has 2 aromatic heterocycles. The summed E-state index contributed by atoms with van der Waals surface area (Å²) in [5, 5.41) is 11.5. The number of ether oxygens (including phenoxy) is 1. The molecule has 1 N–H and O–H groups in total. The molecule has 2 amide bonds. The van der Waals surface area contributed by atoms with Crippen LogP contribution in [0.1, 0.15) is 47.9 Å². The van der Waals surface area contributed by atoms with Gasteiger partial charge in [0.05, 0.1) is 6.04 Å². The Morgan fingerprint density at radius 1 is 1.07 bits per heavy atom. The van der Waals surface area contributed by atoms with E-state index in [0.29, 0.717) is 24.4 Å². The van der Waals surface area contributed by atoms with E-state index in [4.69, 9.17) is 4.74 Å². The summed E-state index contributed by atoms with van der Waals surface area (Å²) in [6.07, 6.45) is 4.89. The van der Waals surface area contributed by atoms with Crippen LogP contribution in [0.3, 0.4) is 0 Å². The van der Waals surface area contributed by atoms with Gasteiger partial charge in [-0.25, -0.2) is 0 Å². The summed E-state index contributed by atoms with van der Waals surface area (Å²) in [5.74, 6) is 0.545. The van der Waals surface area contributed by atoms with Crippen molar-refractivity contribution >= 4 is 23.1 Å². The lowest BCUT2D eigenvalue weighted by Crippen LogP contribution is -2.31. The molecule has 154 valence electrons. The summed E-state index contributed by atoms with van der Waals surface area (Å²) in [6.45, 7) is 1.28. The summed E-state index contributed by atoms with van der Waals surface area (Å²) < 4.78 is 7.37. The Kier molecular flexibility index (Phi) is 4.92. The third-order valence-corrected chi connectivity index (χ3v) is 5.75. The minimum atomic E-state index is -0.409. The predicted molar refractivity (Wildman–Crippen MR) is 110 cm³/mol. The molecule has 0 aliphatic carbocycles. The van der Waals surface area contributed by atoms with Crippen molar-refractivity contribution in [2.75, 3.05) is 18.5 Å². The quantitative estimate of drug-likeness (QED) is 0.721. The molecule has 2 aliphatic rings. The number of nitrogens with zero attached hydrogens (tertiary/aromatic N) is 4. The summed E-state index contributed by atoms with van der Waals surface area (Å²) in [7, 11) is 0. The lowest BCUT2D eigenvalue weighted by atomic mass is 10.1. The highest BCUT2D eigenvalue weighted by molar-refractivity contribution is 5.98. The standard InChI is InChI=1S/C22H23N5O3/c28-21(18-9-5-13-30-18)23-16-7-3-6-15(14-16)22(29)26-12-4-8-17(26)20-25-24-19-10-1-2-11-27(19)20/h1-3,6-7,10-11,14,17-18H,4-5,8-9,12-13H2,(H,23,28)/t17-,18-/m1/s1. The van der Waals surface area contributed by atoms with Crippen LogP contribution in [0.4, 0.5) is 5.69 Å². The maximum Gasteiger partial charge on any atom is 0.254 e. The molecule has 4 heterocycles. The maximum atomic E-state index is 13.3. The number of hydrogen-bond donors (Lipinski definition) is 1. The number of carbonyl (C=O) groups excluding carboxylic acids is 2. The SMILES string of the molecule is O=C(Nc1cccc(C(=O)N2CCC[C@@H]2c2nnc3ccccn23)c1)[C@H]1CCCO1. The molecule has 2 saturated heterocycles. The van der Waals surface area contributed by atoms with E-state index in [1.807, 2.05) is 33.7 Å². The summed E-state index contributed by atoms with van der Waals surface area (Å²) in [5.41, 5.74) is 1.91. The van der Waals surface area contributed by atoms with E-state index in [-0.39, 0.29) is 17.9 Å². The highest BCUT2D eigenvalue weighted by Gasteiger charge is 2.34. The maximum absolute atomic E-state index is 13.3. The van der Waals surface area contributed by atoms with Crippen LogP contribution < -0.4 is 5.32 Å². The van der Waals surface area contributed by atoms with Crippen molar-refractivity contribution in [2.24, 2.45) is 0 Å². The van der Waals surface area contributed by atoms with Crippen LogP contribution >= 0.6 is 0 Å². The zero-order chi connectivity index (χ0) is 20.5. The van der Waals surface area contributed by atoms with E-state index >= 15 is 0 Å². The van der Waals surface area contributed by atoms with Gasteiger partial charge >= 0.3 is 0 Å². The molecule has 0 bridgehead atoms. The van der Waals surface area contributed by atoms with Crippen molar-refractivity contribution in [1.29, 1.82) is 0 Å². The van der Waals surface area contributed by atoms with Gasteiger partial charge in [-0.05, 0) is 56.0 Å². The average molecular weight is 405 g/mol. The van der Waals surface area contributed by atoms with E-state index in [9.17, 15) is 9.59 Å². The van der Waals surface area contributed by atoms with Gasteiger partial charge in [-0.1, -0.05) is 12.1 Å². The van der Waals surface area contributed by atoms with Crippen molar-refractivity contribution in [3.63, 3.8) is 0 Å². The number of benzene rings is 1. The van der Waals surface area contributed by atoms with Crippen LogP contribution in [0.15, 0.2) is 48.7 Å². The Hall–Kier alpha value is -3.26. The Morgan fingerprint density at radius 3 is 2.87 bits per heavy atom. The molecule has 8 heteroatoms. The first kappa shape index (κ1) is 18.7. The smallest absolute Gasteiger partial charge is 0.254 e. The molecule has 30 heavy (non-hydrogen) atoms. The fourth-order valence-corrected chi connectivity index (χ4v) is 4.27. The van der Waals surface area contributed by atoms with Gasteiger partial charge in [0, 0.05) is 30.6 Å². The fraction of sp³-hybridized carbons (Fsp3) is 0.364. The largest absolute Gasteiger partial charge is 0.368 e. The number of amides is 2. The predicted octanol–water partition coefficient (Wildman–Crippen LogP) is 2.82. The highest BCUT2D eigenvalue weighted by Crippen LogP contribution is 2.32. The number of rotatable bonds is 4. The number of nitrogens with one attached hydrogen (secondary N) is 1. The van der Waals surface area contributed by atoms with Crippen molar-refractivity contribution in [2.45, 2.75) is 37.8 Å². The Balaban J connectivity index is 1.36. The number of hydrogen-bond acceptors (Lipinski definition) is 5. The second-order valence-corrected chi connectivity index (χ2v) is 7.72. The molecule has 2 aliphatic heterocycles. The average Bonchev–Trinajstić information content (AvgIpc) is 3.53. The normalized spacial score (nSPS) is 21.3. The van der Waals surface area contributed by atoms with Crippen LogP contribution in [-0.2, 0) is 9.53 Å². The number of likely N-dealkylation sites (tertiary alicyclic amines) is 1. The van der Waals surface area contributed by atoms with Crippen LogP contribution in [-0.4, -0.2) is 50.6 Å². The van der Waals surface area contributed by atoms with Gasteiger partial charge in [0.2, 0.25) is 0 Å². The zero-order valence-corrected chi connectivity index (χ0v) is 16.5. The Morgan fingerprint density at radius 2 is 2.00 bits per heavy atom. The van der Waals surface area contributed by atoms with Crippen LogP contribution in [0.2, 0.25) is 0 Å². The molecular weight excluding hydrogens is 382 g/mol. The van der Waals surface area contributed by atoms with Gasteiger partial charge in [-0.3, -0.25) is 14.0 Å². The van der Waals surface area contributed by atoms with Gasteiger partial charge in [-0.2, -0.15) is 0 Å². The van der Waals surface area contributed by atoms with E-state index < -0.39 is 6.10 Å². The number of anilines is 1. The Bertz CT molecular complexity index is 1090. The summed E-state index contributed by atoms with van der Waals surface area (Å²) in [6, 6.07) is 12.7. The summed E-state index contributed by atoms with van der Waals surface area (Å²) in [4.78, 5) is 27.5. The first-order chi connectivity index (χ1) is 14.7. The number of fused-ring (bicyclic) bond motifs is 1. The first-order valence-electron chi connectivity index (χ1n) is 10.3. The fourth-order valence-electron chi connectivity index (χ4n) is 4.27. The minimum Gasteiger partial charge on any atom is -0.368 e. The van der Waals surface area contributed by atoms with Gasteiger partial charge in [0.15, 0.2) is 11.5 Å². The molecule has 2 atom stereocenters. The molecule has 2 fully saturated rings. The molecule has 8 nitrogen and oxygen atoms in total. The van der Waals surface area contributed by atoms with Crippen LogP contribution in [0.5, 0.6) is 0 Å². The van der Waals surface area contributed by atoms with Crippen molar-refractivity contribution in [1.82, 2.24) is 19.5 Å². The lowest BCUT2D eigenvalue weighted by Gasteiger charge is -2.24. The van der Waals surface area contributed by atoms with Crippen LogP contribution in [0.25, 0.3) is 5.65 Å². The van der Waals surface area contributed by atoms with Crippen LogP contribution in [0, 0.1) is 0 Å². The second kappa shape index (κ2) is 7.87. The number of carbonyl (C=O) groups is 2. The van der Waals surface area contributed by atoms with E-state index in [1.165, 1.54) is 0 Å². The molecule has 1 aromatic carbocycles. The van der Waals surface area contributed by atoms with Gasteiger partial charge in [0.25, 0.3) is 11.8 Å². The summed E-state index contributed by atoms with van der Waals surface area (Å²) >= 11 is 0. The zero-order valence-electron chi connectivity index (χ0n) is 16.5. The van der Waals surface area contributed by atoms with Gasteiger partial charge in [0.1, 0.15) is 6.10 Å². The van der Waals surface area contributed by atoms with Crippen molar-refractivity contribution < 1.29 is 14.3 Å². The monoisotopic (exact) mass is 405 g/mol. The molecule has 5 rings (SSSR count). The molecule has 3 aromatic rings. The Labute approximate surface area is 173 Å². The van der Waals surface area contributed by atoms with E-state index in [2.05, 4.69) is 15.5 Å². The lowest BCUT2D eigenvalue weighted by molar-refractivity contribution is -0.124. The van der Waals surface area contributed by atoms with Gasteiger partial charge in [-0.15, -0.1) is 10.2 Å². The molecular formula is C22H23N5O3. The molecule has 0 spiro atoms. The third kappa shape index (κ3) is 3.43. The number of pyridine rings is 1. The van der Waals surface area contributed by atoms with Crippen molar-refractivity contribution in [3.05, 3.63) is 60.0 Å². The molecule has 0 unspecified atom stereocenters. The van der Waals surface area contributed by atoms with E-state index in [1.54, 1.807) is 24.3 Å². The molecule has 0 saturated carbocycles. The van der Waals surface area contributed by atoms with Crippen molar-refractivity contribution in [3.8, 4) is 0 Å². The first-order valence-corrected chi connectivity index (χ1v) is 10.3. The highest BCUT2D eigenvalue weighted by atomic mass is 16.5. The third-order valence-electron chi connectivity index (χ3n) is 5.75. The number of aromatic nitrogens is 3. The minimum absolute atomic E-state index is 0.0709. The second-order valence-electron chi connectivity index (χ2n) is 7.72.